The molecule has 0 bridgehead atoms. The summed E-state index contributed by atoms with van der Waals surface area (Å²) >= 11 is 1.47. The number of hydrazone groups is 1. The van der Waals surface area contributed by atoms with Crippen LogP contribution in [0.3, 0.4) is 0 Å². The van der Waals surface area contributed by atoms with Crippen LogP contribution >= 0.6 is 11.8 Å². The lowest BCUT2D eigenvalue weighted by molar-refractivity contribution is -0.118. The number of rotatable bonds is 1. The molecule has 2 heterocycles. The fraction of sp³-hybridized carbons (Fsp3) is 0.176. The van der Waals surface area contributed by atoms with E-state index in [1.807, 2.05) is 44.2 Å². The Morgan fingerprint density at radius 2 is 1.91 bits per heavy atom. The summed E-state index contributed by atoms with van der Waals surface area (Å²) in [4.78, 5) is 11.8. The van der Waals surface area contributed by atoms with E-state index in [2.05, 4.69) is 28.0 Å². The van der Waals surface area contributed by atoms with Gasteiger partial charge in [0.05, 0.1) is 5.69 Å². The Hall–Kier alpha value is -2.27. The van der Waals surface area contributed by atoms with Gasteiger partial charge in [-0.3, -0.25) is 10.2 Å². The number of benzene rings is 2. The van der Waals surface area contributed by atoms with Crippen molar-refractivity contribution in [1.82, 2.24) is 5.43 Å². The van der Waals surface area contributed by atoms with Crippen molar-refractivity contribution in [2.24, 2.45) is 5.10 Å². The largest absolute Gasteiger partial charge is 0.322 e. The SMILES string of the molecule is Cc1cc(C)c2c(c1)C1(NN=C(c3ccccc3)S1)C(=O)N2. The van der Waals surface area contributed by atoms with Crippen LogP contribution in [0.25, 0.3) is 0 Å². The highest BCUT2D eigenvalue weighted by atomic mass is 32.2. The van der Waals surface area contributed by atoms with Crippen molar-refractivity contribution < 1.29 is 4.79 Å². The Labute approximate surface area is 133 Å². The molecule has 2 aliphatic rings. The Morgan fingerprint density at radius 1 is 1.14 bits per heavy atom. The molecular formula is C17H15N3OS. The molecule has 2 aliphatic heterocycles. The van der Waals surface area contributed by atoms with E-state index < -0.39 is 4.87 Å². The second-order valence-electron chi connectivity index (χ2n) is 5.64. The monoisotopic (exact) mass is 309 g/mol. The van der Waals surface area contributed by atoms with E-state index in [1.165, 1.54) is 11.8 Å². The van der Waals surface area contributed by atoms with Gasteiger partial charge >= 0.3 is 0 Å². The molecule has 0 aliphatic carbocycles. The number of fused-ring (bicyclic) bond motifs is 2. The predicted molar refractivity (Wildman–Crippen MR) is 89.9 cm³/mol. The van der Waals surface area contributed by atoms with Gasteiger partial charge in [0, 0.05) is 11.1 Å². The maximum absolute atomic E-state index is 12.6. The fourth-order valence-electron chi connectivity index (χ4n) is 2.97. The molecule has 1 unspecified atom stereocenters. The molecule has 2 aromatic rings. The molecule has 5 heteroatoms. The molecule has 1 amide bonds. The second kappa shape index (κ2) is 4.61. The van der Waals surface area contributed by atoms with Gasteiger partial charge in [0.2, 0.25) is 4.87 Å². The number of hydrogen-bond donors (Lipinski definition) is 2. The highest BCUT2D eigenvalue weighted by Gasteiger charge is 2.52. The minimum absolute atomic E-state index is 0.0594. The van der Waals surface area contributed by atoms with E-state index >= 15 is 0 Å². The van der Waals surface area contributed by atoms with Crippen LogP contribution in [0.2, 0.25) is 0 Å². The summed E-state index contributed by atoms with van der Waals surface area (Å²) in [5.41, 5.74) is 8.19. The molecule has 4 rings (SSSR count). The quantitative estimate of drug-likeness (QED) is 0.851. The number of carbonyl (C=O) groups is 1. The smallest absolute Gasteiger partial charge is 0.267 e. The topological polar surface area (TPSA) is 53.5 Å². The zero-order valence-corrected chi connectivity index (χ0v) is 13.1. The average molecular weight is 309 g/mol. The van der Waals surface area contributed by atoms with Crippen molar-refractivity contribution in [1.29, 1.82) is 0 Å². The number of nitrogens with zero attached hydrogens (tertiary/aromatic N) is 1. The third-order valence-electron chi connectivity index (χ3n) is 4.00. The number of anilines is 1. The van der Waals surface area contributed by atoms with Gasteiger partial charge in [-0.25, -0.2) is 0 Å². The minimum atomic E-state index is -0.850. The van der Waals surface area contributed by atoms with E-state index in [1.54, 1.807) is 0 Å². The summed E-state index contributed by atoms with van der Waals surface area (Å²) in [6.07, 6.45) is 0. The van der Waals surface area contributed by atoms with Crippen molar-refractivity contribution in [2.75, 3.05) is 5.32 Å². The van der Waals surface area contributed by atoms with Crippen LogP contribution < -0.4 is 10.7 Å². The number of nitrogens with one attached hydrogen (secondary N) is 2. The molecule has 0 aromatic heterocycles. The van der Waals surface area contributed by atoms with E-state index in [4.69, 9.17) is 0 Å². The molecule has 1 spiro atoms. The zero-order chi connectivity index (χ0) is 15.3. The maximum Gasteiger partial charge on any atom is 0.267 e. The highest BCUT2D eigenvalue weighted by Crippen LogP contribution is 2.49. The predicted octanol–water partition coefficient (Wildman–Crippen LogP) is 3.11. The first-order valence-electron chi connectivity index (χ1n) is 7.12. The van der Waals surface area contributed by atoms with E-state index in [9.17, 15) is 4.79 Å². The summed E-state index contributed by atoms with van der Waals surface area (Å²) in [5, 5.41) is 8.26. The van der Waals surface area contributed by atoms with Gasteiger partial charge in [-0.15, -0.1) is 0 Å². The average Bonchev–Trinajstić information content (AvgIpc) is 3.07. The molecule has 4 nitrogen and oxygen atoms in total. The third kappa shape index (κ3) is 1.78. The standard InChI is InChI=1S/C17H15N3OS/c1-10-8-11(2)14-13(9-10)17(16(21)18-14)20-19-15(22-17)12-6-4-3-5-7-12/h3-9,20H,1-2H3,(H,18,21). The van der Waals surface area contributed by atoms with Crippen molar-refractivity contribution in [2.45, 2.75) is 18.7 Å². The first-order valence-corrected chi connectivity index (χ1v) is 7.94. The molecule has 1 atom stereocenters. The zero-order valence-electron chi connectivity index (χ0n) is 12.3. The fourth-order valence-corrected chi connectivity index (χ4v) is 4.11. The Balaban J connectivity index is 1.78. The molecule has 0 saturated carbocycles. The number of amides is 1. The molecule has 0 saturated heterocycles. The van der Waals surface area contributed by atoms with E-state index in [0.29, 0.717) is 0 Å². The van der Waals surface area contributed by atoms with Crippen molar-refractivity contribution >= 4 is 28.4 Å². The van der Waals surface area contributed by atoms with Gasteiger partial charge in [0.25, 0.3) is 5.91 Å². The highest BCUT2D eigenvalue weighted by molar-refractivity contribution is 8.16. The number of hydrogen-bond acceptors (Lipinski definition) is 4. The van der Waals surface area contributed by atoms with Crippen LogP contribution in [0.15, 0.2) is 47.6 Å². The van der Waals surface area contributed by atoms with Crippen LogP contribution in [0.5, 0.6) is 0 Å². The molecule has 0 fully saturated rings. The number of thioether (sulfide) groups is 1. The first kappa shape index (κ1) is 13.4. The summed E-state index contributed by atoms with van der Waals surface area (Å²) < 4.78 is 0. The summed E-state index contributed by atoms with van der Waals surface area (Å²) in [6.45, 7) is 4.06. The lowest BCUT2D eigenvalue weighted by Gasteiger charge is -2.20. The van der Waals surface area contributed by atoms with Gasteiger partial charge < -0.3 is 5.32 Å². The summed E-state index contributed by atoms with van der Waals surface area (Å²) in [6, 6.07) is 14.1. The van der Waals surface area contributed by atoms with Crippen LogP contribution in [0.1, 0.15) is 22.3 Å². The Bertz CT molecular complexity index is 816. The van der Waals surface area contributed by atoms with E-state index in [0.717, 1.165) is 33.0 Å². The molecule has 2 aromatic carbocycles. The summed E-state index contributed by atoms with van der Waals surface area (Å²) in [7, 11) is 0. The number of carbonyl (C=O) groups excluding carboxylic acids is 1. The summed E-state index contributed by atoms with van der Waals surface area (Å²) in [5.74, 6) is -0.0594. The van der Waals surface area contributed by atoms with Crippen LogP contribution in [-0.4, -0.2) is 11.0 Å². The van der Waals surface area contributed by atoms with Crippen LogP contribution in [-0.2, 0) is 9.67 Å². The second-order valence-corrected chi connectivity index (χ2v) is 6.84. The van der Waals surface area contributed by atoms with Crippen molar-refractivity contribution in [3.8, 4) is 0 Å². The normalized spacial score (nSPS) is 22.3. The van der Waals surface area contributed by atoms with E-state index in [-0.39, 0.29) is 5.91 Å². The van der Waals surface area contributed by atoms with Crippen molar-refractivity contribution in [3.05, 3.63) is 64.7 Å². The lowest BCUT2D eigenvalue weighted by Crippen LogP contribution is -2.39. The van der Waals surface area contributed by atoms with Gasteiger partial charge in [-0.1, -0.05) is 59.8 Å². The molecular weight excluding hydrogens is 294 g/mol. The van der Waals surface area contributed by atoms with Gasteiger partial charge in [0.1, 0.15) is 5.04 Å². The number of aryl methyl sites for hydroxylation is 2. The first-order chi connectivity index (χ1) is 10.6. The van der Waals surface area contributed by atoms with Gasteiger partial charge in [-0.2, -0.15) is 5.10 Å². The molecule has 22 heavy (non-hydrogen) atoms. The third-order valence-corrected chi connectivity index (χ3v) is 5.33. The molecule has 110 valence electrons. The van der Waals surface area contributed by atoms with Crippen LogP contribution in [0, 0.1) is 13.8 Å². The van der Waals surface area contributed by atoms with Gasteiger partial charge in [-0.05, 0) is 19.4 Å². The molecule has 2 N–H and O–H groups in total. The molecule has 0 radical (unpaired) electrons. The Kier molecular flexibility index (Phi) is 2.81. The maximum atomic E-state index is 12.6. The minimum Gasteiger partial charge on any atom is -0.322 e. The Morgan fingerprint density at radius 3 is 2.68 bits per heavy atom. The van der Waals surface area contributed by atoms with Crippen LogP contribution in [0.4, 0.5) is 5.69 Å². The lowest BCUT2D eigenvalue weighted by atomic mass is 10.0. The van der Waals surface area contributed by atoms with Crippen molar-refractivity contribution in [3.63, 3.8) is 0 Å². The van der Waals surface area contributed by atoms with Gasteiger partial charge in [0.15, 0.2) is 0 Å².